The van der Waals surface area contributed by atoms with Crippen molar-refractivity contribution in [2.75, 3.05) is 11.9 Å². The van der Waals surface area contributed by atoms with Crippen LogP contribution in [0.15, 0.2) is 30.3 Å². The van der Waals surface area contributed by atoms with Gasteiger partial charge in [0.05, 0.1) is 5.69 Å². The van der Waals surface area contributed by atoms with E-state index in [2.05, 4.69) is 56.4 Å². The van der Waals surface area contributed by atoms with E-state index < -0.39 is 0 Å². The van der Waals surface area contributed by atoms with Crippen LogP contribution in [0.4, 0.5) is 5.13 Å². The van der Waals surface area contributed by atoms with Gasteiger partial charge < -0.3 is 5.32 Å². The van der Waals surface area contributed by atoms with E-state index in [1.165, 1.54) is 16.1 Å². The minimum atomic E-state index is 0.693. The Bertz CT molecular complexity index is 531. The summed E-state index contributed by atoms with van der Waals surface area (Å²) < 4.78 is 0. The lowest BCUT2D eigenvalue weighted by Gasteiger charge is -2.03. The normalized spacial score (nSPS) is 11.0. The van der Waals surface area contributed by atoms with E-state index in [-0.39, 0.29) is 0 Å². The molecule has 0 aliphatic rings. The third kappa shape index (κ3) is 5.16. The van der Waals surface area contributed by atoms with Gasteiger partial charge in [-0.15, -0.1) is 11.3 Å². The smallest absolute Gasteiger partial charge is 0.183 e. The van der Waals surface area contributed by atoms with Gasteiger partial charge in [0.2, 0.25) is 0 Å². The predicted octanol–water partition coefficient (Wildman–Crippen LogP) is 4.95. The number of hydrogen-bond donors (Lipinski definition) is 1. The van der Waals surface area contributed by atoms with Crippen molar-refractivity contribution in [1.82, 2.24) is 4.98 Å². The summed E-state index contributed by atoms with van der Waals surface area (Å²) in [5.41, 5.74) is 2.68. The molecule has 0 atom stereocenters. The Labute approximate surface area is 132 Å². The number of nitrogens with zero attached hydrogens (tertiary/aromatic N) is 1. The molecule has 0 saturated heterocycles. The van der Waals surface area contributed by atoms with Crippen LogP contribution >= 0.6 is 11.3 Å². The number of aromatic nitrogens is 1. The summed E-state index contributed by atoms with van der Waals surface area (Å²) in [4.78, 5) is 6.26. The zero-order valence-electron chi connectivity index (χ0n) is 13.4. The second-order valence-corrected chi connectivity index (χ2v) is 6.98. The van der Waals surface area contributed by atoms with Gasteiger partial charge in [0.1, 0.15) is 0 Å². The largest absolute Gasteiger partial charge is 0.361 e. The molecule has 0 spiro atoms. The fourth-order valence-corrected chi connectivity index (χ4v) is 3.63. The number of benzene rings is 1. The molecule has 1 heterocycles. The molecule has 0 aliphatic carbocycles. The zero-order chi connectivity index (χ0) is 15.1. The SMILES string of the molecule is CCCc1nc(NCCc2ccccc2)sc1CC(C)C. The number of nitrogens with one attached hydrogen (secondary N) is 1. The minimum Gasteiger partial charge on any atom is -0.361 e. The van der Waals surface area contributed by atoms with Crippen molar-refractivity contribution in [1.29, 1.82) is 0 Å². The maximum atomic E-state index is 4.79. The van der Waals surface area contributed by atoms with Crippen LogP contribution in [0, 0.1) is 5.92 Å². The van der Waals surface area contributed by atoms with E-state index in [4.69, 9.17) is 4.98 Å². The van der Waals surface area contributed by atoms with Crippen LogP contribution in [-0.4, -0.2) is 11.5 Å². The van der Waals surface area contributed by atoms with Crippen molar-refractivity contribution in [3.63, 3.8) is 0 Å². The molecule has 1 aromatic carbocycles. The lowest BCUT2D eigenvalue weighted by atomic mass is 10.1. The Kier molecular flexibility index (Phi) is 6.24. The first-order valence-corrected chi connectivity index (χ1v) is 8.77. The van der Waals surface area contributed by atoms with Gasteiger partial charge in [-0.05, 0) is 30.7 Å². The van der Waals surface area contributed by atoms with Crippen LogP contribution in [0.2, 0.25) is 0 Å². The second kappa shape index (κ2) is 8.18. The average molecular weight is 302 g/mol. The molecular formula is C18H26N2S. The molecule has 114 valence electrons. The highest BCUT2D eigenvalue weighted by Gasteiger charge is 2.11. The highest BCUT2D eigenvalue weighted by Crippen LogP contribution is 2.26. The number of rotatable bonds is 8. The molecule has 2 rings (SSSR count). The predicted molar refractivity (Wildman–Crippen MR) is 93.3 cm³/mol. The summed E-state index contributed by atoms with van der Waals surface area (Å²) in [5.74, 6) is 0.693. The summed E-state index contributed by atoms with van der Waals surface area (Å²) in [7, 11) is 0. The van der Waals surface area contributed by atoms with Crippen molar-refractivity contribution < 1.29 is 0 Å². The van der Waals surface area contributed by atoms with Crippen LogP contribution in [0.25, 0.3) is 0 Å². The Morgan fingerprint density at radius 1 is 1.14 bits per heavy atom. The molecule has 21 heavy (non-hydrogen) atoms. The molecular weight excluding hydrogens is 276 g/mol. The van der Waals surface area contributed by atoms with Crippen LogP contribution in [-0.2, 0) is 19.3 Å². The van der Waals surface area contributed by atoms with Crippen molar-refractivity contribution in [2.24, 2.45) is 5.92 Å². The quantitative estimate of drug-likeness (QED) is 0.746. The van der Waals surface area contributed by atoms with Crippen molar-refractivity contribution >= 4 is 16.5 Å². The molecule has 2 aromatic rings. The third-order valence-corrected chi connectivity index (χ3v) is 4.47. The second-order valence-electron chi connectivity index (χ2n) is 5.90. The molecule has 3 heteroatoms. The van der Waals surface area contributed by atoms with Crippen molar-refractivity contribution in [3.05, 3.63) is 46.5 Å². The average Bonchev–Trinajstić information content (AvgIpc) is 2.82. The van der Waals surface area contributed by atoms with Crippen LogP contribution in [0.1, 0.15) is 43.3 Å². The molecule has 0 fully saturated rings. The molecule has 1 aromatic heterocycles. The molecule has 1 N–H and O–H groups in total. The maximum absolute atomic E-state index is 4.79. The van der Waals surface area contributed by atoms with Crippen molar-refractivity contribution in [3.8, 4) is 0 Å². The van der Waals surface area contributed by atoms with Crippen LogP contribution < -0.4 is 5.32 Å². The minimum absolute atomic E-state index is 0.693. The van der Waals surface area contributed by atoms with Crippen LogP contribution in [0.5, 0.6) is 0 Å². The molecule has 2 nitrogen and oxygen atoms in total. The molecule has 0 aliphatic heterocycles. The Morgan fingerprint density at radius 2 is 1.90 bits per heavy atom. The standard InChI is InChI=1S/C18H26N2S/c1-4-8-16-17(13-14(2)3)21-18(20-16)19-12-11-15-9-6-5-7-10-15/h5-7,9-10,14H,4,8,11-13H2,1-3H3,(H,19,20). The summed E-state index contributed by atoms with van der Waals surface area (Å²) in [5, 5.41) is 4.58. The lowest BCUT2D eigenvalue weighted by molar-refractivity contribution is 0.647. The van der Waals surface area contributed by atoms with Gasteiger partial charge in [-0.25, -0.2) is 4.98 Å². The summed E-state index contributed by atoms with van der Waals surface area (Å²) in [6.07, 6.45) is 4.45. The Hall–Kier alpha value is -1.35. The molecule has 0 bridgehead atoms. The summed E-state index contributed by atoms with van der Waals surface area (Å²) in [6.45, 7) is 7.72. The molecule has 0 unspecified atom stereocenters. The number of hydrogen-bond acceptors (Lipinski definition) is 3. The zero-order valence-corrected chi connectivity index (χ0v) is 14.2. The number of thiazole rings is 1. The van der Waals surface area contributed by atoms with Crippen molar-refractivity contribution in [2.45, 2.75) is 46.5 Å². The fraction of sp³-hybridized carbons (Fsp3) is 0.500. The molecule has 0 amide bonds. The summed E-state index contributed by atoms with van der Waals surface area (Å²) in [6, 6.07) is 10.6. The van der Waals surface area contributed by atoms with Gasteiger partial charge >= 0.3 is 0 Å². The van der Waals surface area contributed by atoms with Gasteiger partial charge in [-0.3, -0.25) is 0 Å². The van der Waals surface area contributed by atoms with Gasteiger partial charge in [-0.1, -0.05) is 57.5 Å². The van der Waals surface area contributed by atoms with Crippen LogP contribution in [0.3, 0.4) is 0 Å². The first-order valence-electron chi connectivity index (χ1n) is 7.95. The lowest BCUT2D eigenvalue weighted by Crippen LogP contribution is -2.04. The van der Waals surface area contributed by atoms with Gasteiger partial charge in [0.25, 0.3) is 0 Å². The Morgan fingerprint density at radius 3 is 2.57 bits per heavy atom. The summed E-state index contributed by atoms with van der Waals surface area (Å²) >= 11 is 1.84. The first kappa shape index (κ1) is 16.0. The van der Waals surface area contributed by atoms with E-state index in [9.17, 15) is 0 Å². The first-order chi connectivity index (χ1) is 10.2. The molecule has 0 saturated carbocycles. The highest BCUT2D eigenvalue weighted by atomic mass is 32.1. The fourth-order valence-electron chi connectivity index (χ4n) is 2.38. The third-order valence-electron chi connectivity index (χ3n) is 3.39. The Balaban J connectivity index is 1.93. The topological polar surface area (TPSA) is 24.9 Å². The highest BCUT2D eigenvalue weighted by molar-refractivity contribution is 7.15. The van der Waals surface area contributed by atoms with Gasteiger partial charge in [0, 0.05) is 11.4 Å². The van der Waals surface area contributed by atoms with Gasteiger partial charge in [-0.2, -0.15) is 0 Å². The van der Waals surface area contributed by atoms with Gasteiger partial charge in [0.15, 0.2) is 5.13 Å². The van der Waals surface area contributed by atoms with E-state index in [0.717, 1.165) is 37.4 Å². The molecule has 0 radical (unpaired) electrons. The van der Waals surface area contributed by atoms with E-state index >= 15 is 0 Å². The van der Waals surface area contributed by atoms with E-state index in [1.54, 1.807) is 0 Å². The monoisotopic (exact) mass is 302 g/mol. The van der Waals surface area contributed by atoms with E-state index in [0.29, 0.717) is 5.92 Å². The maximum Gasteiger partial charge on any atom is 0.183 e. The number of anilines is 1. The number of aryl methyl sites for hydroxylation is 1. The van der Waals surface area contributed by atoms with E-state index in [1.807, 2.05) is 11.3 Å².